The lowest BCUT2D eigenvalue weighted by Gasteiger charge is -2.14. The molecule has 2 atom stereocenters. The van der Waals surface area contributed by atoms with Crippen LogP contribution in [0.2, 0.25) is 0 Å². The van der Waals surface area contributed by atoms with Crippen molar-refractivity contribution in [3.63, 3.8) is 0 Å². The molecule has 2 rings (SSSR count). The summed E-state index contributed by atoms with van der Waals surface area (Å²) in [6.45, 7) is 0.495. The van der Waals surface area contributed by atoms with Crippen LogP contribution in [0.15, 0.2) is 12.4 Å². The van der Waals surface area contributed by atoms with Crippen LogP contribution in [-0.4, -0.2) is 27.2 Å². The number of hydrogen-bond acceptors (Lipinski definition) is 3. The minimum Gasteiger partial charge on any atom is -0.481 e. The highest BCUT2D eigenvalue weighted by Crippen LogP contribution is 2.33. The second-order valence-corrected chi connectivity index (χ2v) is 3.42. The maximum Gasteiger partial charge on any atom is 0.309 e. The van der Waals surface area contributed by atoms with Crippen LogP contribution in [0.1, 0.15) is 18.3 Å². The van der Waals surface area contributed by atoms with Gasteiger partial charge in [0.1, 0.15) is 11.9 Å². The van der Waals surface area contributed by atoms with E-state index in [0.717, 1.165) is 0 Å². The molecule has 1 aromatic rings. The van der Waals surface area contributed by atoms with Gasteiger partial charge in [-0.05, 0) is 6.42 Å². The number of carboxylic acid groups (broad SMARTS) is 1. The van der Waals surface area contributed by atoms with Crippen LogP contribution in [0, 0.1) is 5.92 Å². The lowest BCUT2D eigenvalue weighted by molar-refractivity contribution is -0.143. The lowest BCUT2D eigenvalue weighted by atomic mass is 10.0. The third-order valence-corrected chi connectivity index (χ3v) is 2.52. The summed E-state index contributed by atoms with van der Waals surface area (Å²) < 4.78 is 7.19. The van der Waals surface area contributed by atoms with E-state index < -0.39 is 18.0 Å². The number of nitrogens with zero attached hydrogens (tertiary/aromatic N) is 2. The smallest absolute Gasteiger partial charge is 0.309 e. The van der Waals surface area contributed by atoms with Crippen molar-refractivity contribution < 1.29 is 14.6 Å². The minimum atomic E-state index is -0.810. The molecule has 1 aromatic heterocycles. The van der Waals surface area contributed by atoms with Gasteiger partial charge >= 0.3 is 5.97 Å². The summed E-state index contributed by atoms with van der Waals surface area (Å²) in [6, 6.07) is 0. The van der Waals surface area contributed by atoms with Gasteiger partial charge in [0, 0.05) is 26.0 Å². The first kappa shape index (κ1) is 9.21. The molecule has 0 radical (unpaired) electrons. The molecule has 0 saturated carbocycles. The number of carboxylic acids is 1. The average Bonchev–Trinajstić information content (AvgIpc) is 2.70. The van der Waals surface area contributed by atoms with Gasteiger partial charge in [0.25, 0.3) is 0 Å². The highest BCUT2D eigenvalue weighted by atomic mass is 16.5. The average molecular weight is 196 g/mol. The van der Waals surface area contributed by atoms with Crippen molar-refractivity contribution >= 4 is 5.97 Å². The molecule has 1 aliphatic rings. The summed E-state index contributed by atoms with van der Waals surface area (Å²) in [7, 11) is 1.84. The summed E-state index contributed by atoms with van der Waals surface area (Å²) in [5.41, 5.74) is 0. The fraction of sp³-hybridized carbons (Fsp3) is 0.556. The quantitative estimate of drug-likeness (QED) is 0.751. The zero-order chi connectivity index (χ0) is 10.1. The zero-order valence-electron chi connectivity index (χ0n) is 7.88. The van der Waals surface area contributed by atoms with Crippen molar-refractivity contribution in [3.05, 3.63) is 18.2 Å². The molecular weight excluding hydrogens is 184 g/mol. The van der Waals surface area contributed by atoms with Gasteiger partial charge in [-0.3, -0.25) is 4.79 Å². The Labute approximate surface area is 81.3 Å². The standard InChI is InChI=1S/C9H12N2O3/c1-11-4-3-10-8(11)7-6(9(12)13)2-5-14-7/h3-4,6-7H,2,5H2,1H3,(H,12,13)/t6-,7-/m1/s1. The van der Waals surface area contributed by atoms with E-state index in [2.05, 4.69) is 4.98 Å². The van der Waals surface area contributed by atoms with Gasteiger partial charge in [0.2, 0.25) is 0 Å². The van der Waals surface area contributed by atoms with Crippen molar-refractivity contribution in [2.24, 2.45) is 13.0 Å². The van der Waals surface area contributed by atoms with Gasteiger partial charge in [-0.25, -0.2) is 4.98 Å². The molecule has 2 heterocycles. The third-order valence-electron chi connectivity index (χ3n) is 2.52. The topological polar surface area (TPSA) is 64.4 Å². The Morgan fingerprint density at radius 3 is 3.14 bits per heavy atom. The summed E-state index contributed by atoms with van der Waals surface area (Å²) in [6.07, 6.45) is 3.60. The van der Waals surface area contributed by atoms with E-state index in [0.29, 0.717) is 18.9 Å². The number of ether oxygens (including phenoxy) is 1. The van der Waals surface area contributed by atoms with Crippen molar-refractivity contribution in [1.82, 2.24) is 9.55 Å². The molecule has 5 heteroatoms. The zero-order valence-corrected chi connectivity index (χ0v) is 7.88. The number of imidazole rings is 1. The van der Waals surface area contributed by atoms with Gasteiger partial charge in [-0.1, -0.05) is 0 Å². The Hall–Kier alpha value is -1.36. The number of rotatable bonds is 2. The number of aromatic nitrogens is 2. The van der Waals surface area contributed by atoms with Gasteiger partial charge in [-0.2, -0.15) is 0 Å². The Kier molecular flexibility index (Phi) is 2.25. The lowest BCUT2D eigenvalue weighted by Crippen LogP contribution is -2.20. The molecule has 0 aromatic carbocycles. The van der Waals surface area contributed by atoms with Crippen LogP contribution >= 0.6 is 0 Å². The molecule has 14 heavy (non-hydrogen) atoms. The predicted octanol–water partition coefficient (Wildman–Crippen LogP) is 0.582. The monoisotopic (exact) mass is 196 g/mol. The number of carbonyl (C=O) groups is 1. The summed E-state index contributed by atoms with van der Waals surface area (Å²) in [4.78, 5) is 15.0. The highest BCUT2D eigenvalue weighted by Gasteiger charge is 2.37. The fourth-order valence-corrected chi connectivity index (χ4v) is 1.75. The van der Waals surface area contributed by atoms with E-state index in [9.17, 15) is 4.79 Å². The van der Waals surface area contributed by atoms with Crippen molar-refractivity contribution in [2.75, 3.05) is 6.61 Å². The van der Waals surface area contributed by atoms with Crippen molar-refractivity contribution in [3.8, 4) is 0 Å². The first-order valence-electron chi connectivity index (χ1n) is 4.52. The summed E-state index contributed by atoms with van der Waals surface area (Å²) >= 11 is 0. The first-order valence-corrected chi connectivity index (χ1v) is 4.52. The molecule has 76 valence electrons. The second kappa shape index (κ2) is 3.42. The van der Waals surface area contributed by atoms with Gasteiger partial charge in [0.15, 0.2) is 0 Å². The van der Waals surface area contributed by atoms with Crippen LogP contribution in [-0.2, 0) is 16.6 Å². The van der Waals surface area contributed by atoms with E-state index in [-0.39, 0.29) is 0 Å². The van der Waals surface area contributed by atoms with E-state index in [1.54, 1.807) is 17.0 Å². The third kappa shape index (κ3) is 1.39. The summed E-state index contributed by atoms with van der Waals surface area (Å²) in [5.74, 6) is -0.582. The molecule has 0 spiro atoms. The van der Waals surface area contributed by atoms with Crippen LogP contribution in [0.25, 0.3) is 0 Å². The van der Waals surface area contributed by atoms with E-state index in [4.69, 9.17) is 9.84 Å². The van der Waals surface area contributed by atoms with Crippen LogP contribution in [0.3, 0.4) is 0 Å². The number of aliphatic carboxylic acids is 1. The highest BCUT2D eigenvalue weighted by molar-refractivity contribution is 5.71. The fourth-order valence-electron chi connectivity index (χ4n) is 1.75. The van der Waals surface area contributed by atoms with Crippen LogP contribution in [0.4, 0.5) is 0 Å². The van der Waals surface area contributed by atoms with Gasteiger partial charge in [-0.15, -0.1) is 0 Å². The minimum absolute atomic E-state index is 0.396. The predicted molar refractivity (Wildman–Crippen MR) is 47.6 cm³/mol. The van der Waals surface area contributed by atoms with Gasteiger partial charge < -0.3 is 14.4 Å². The van der Waals surface area contributed by atoms with Gasteiger partial charge in [0.05, 0.1) is 5.92 Å². The Balaban J connectivity index is 2.26. The van der Waals surface area contributed by atoms with Crippen LogP contribution in [0.5, 0.6) is 0 Å². The Morgan fingerprint density at radius 1 is 1.79 bits per heavy atom. The molecule has 5 nitrogen and oxygen atoms in total. The molecule has 0 unspecified atom stereocenters. The molecule has 1 N–H and O–H groups in total. The largest absolute Gasteiger partial charge is 0.481 e. The Morgan fingerprint density at radius 2 is 2.57 bits per heavy atom. The van der Waals surface area contributed by atoms with E-state index >= 15 is 0 Å². The molecule has 0 aliphatic carbocycles. The maximum absolute atomic E-state index is 10.9. The molecular formula is C9H12N2O3. The number of hydrogen-bond donors (Lipinski definition) is 1. The Bertz CT molecular complexity index is 348. The van der Waals surface area contributed by atoms with E-state index in [1.807, 2.05) is 7.05 Å². The molecule has 1 aliphatic heterocycles. The van der Waals surface area contributed by atoms with E-state index in [1.165, 1.54) is 0 Å². The first-order chi connectivity index (χ1) is 6.70. The maximum atomic E-state index is 10.9. The SMILES string of the molecule is Cn1ccnc1[C@@H]1OCC[C@H]1C(=O)O. The van der Waals surface area contributed by atoms with Crippen molar-refractivity contribution in [2.45, 2.75) is 12.5 Å². The van der Waals surface area contributed by atoms with Crippen molar-refractivity contribution in [1.29, 1.82) is 0 Å². The molecule has 1 fully saturated rings. The molecule has 1 saturated heterocycles. The normalized spacial score (nSPS) is 26.6. The second-order valence-electron chi connectivity index (χ2n) is 3.42. The molecule has 0 amide bonds. The number of aryl methyl sites for hydroxylation is 1. The van der Waals surface area contributed by atoms with Crippen LogP contribution < -0.4 is 0 Å². The molecule has 0 bridgehead atoms. The summed E-state index contributed by atoms with van der Waals surface area (Å²) in [5, 5.41) is 8.96.